The normalized spacial score (nSPS) is 13.0. The molecule has 0 radical (unpaired) electrons. The summed E-state index contributed by atoms with van der Waals surface area (Å²) >= 11 is 2.78. The van der Waals surface area contributed by atoms with Crippen molar-refractivity contribution in [2.75, 3.05) is 4.90 Å². The first-order valence-corrected chi connectivity index (χ1v) is 12.7. The van der Waals surface area contributed by atoms with Crippen molar-refractivity contribution >= 4 is 62.9 Å². The number of fused-ring (bicyclic) bond motifs is 2. The van der Waals surface area contributed by atoms with Gasteiger partial charge in [-0.2, -0.15) is 5.10 Å². The van der Waals surface area contributed by atoms with Gasteiger partial charge in [0.1, 0.15) is 5.76 Å². The Bertz CT molecular complexity index is 1670. The van der Waals surface area contributed by atoms with Gasteiger partial charge in [0.25, 0.3) is 17.7 Å². The predicted octanol–water partition coefficient (Wildman–Crippen LogP) is 5.61. The molecule has 0 saturated carbocycles. The van der Waals surface area contributed by atoms with Gasteiger partial charge in [-0.1, -0.05) is 30.3 Å². The fraction of sp³-hybridized carbons (Fsp3) is 0. The lowest BCUT2D eigenvalue weighted by Crippen LogP contribution is -2.29. The van der Waals surface area contributed by atoms with Gasteiger partial charge in [-0.3, -0.25) is 14.4 Å². The fourth-order valence-electron chi connectivity index (χ4n) is 3.85. The van der Waals surface area contributed by atoms with Crippen molar-refractivity contribution < 1.29 is 18.8 Å². The Hall–Kier alpha value is -4.54. The fourth-order valence-corrected chi connectivity index (χ4v) is 5.85. The monoisotopic (exact) mass is 524 g/mol. The quantitative estimate of drug-likeness (QED) is 0.176. The molecule has 8 nitrogen and oxygen atoms in total. The molecule has 37 heavy (non-hydrogen) atoms. The molecule has 0 spiro atoms. The van der Waals surface area contributed by atoms with Crippen LogP contribution >= 0.6 is 23.1 Å². The molecule has 0 aliphatic carbocycles. The third-order valence-electron chi connectivity index (χ3n) is 5.59. The number of thiazole rings is 1. The number of aromatic nitrogens is 1. The van der Waals surface area contributed by atoms with Crippen molar-refractivity contribution in [2.45, 2.75) is 9.43 Å². The van der Waals surface area contributed by atoms with Crippen LogP contribution in [0.1, 0.15) is 36.8 Å². The van der Waals surface area contributed by atoms with Gasteiger partial charge in [0.15, 0.2) is 9.43 Å². The number of hydrogen-bond donors (Lipinski definition) is 1. The molecule has 1 N–H and O–H groups in total. The van der Waals surface area contributed by atoms with Gasteiger partial charge in [-0.05, 0) is 66.4 Å². The zero-order chi connectivity index (χ0) is 25.4. The van der Waals surface area contributed by atoms with E-state index >= 15 is 0 Å². The lowest BCUT2D eigenvalue weighted by molar-refractivity contribution is 0.0922. The second-order valence-electron chi connectivity index (χ2n) is 7.95. The maximum Gasteiger partial charge on any atom is 0.271 e. The first kappa shape index (κ1) is 22.9. The lowest BCUT2D eigenvalue weighted by Gasteiger charge is -2.13. The van der Waals surface area contributed by atoms with E-state index < -0.39 is 0 Å². The second kappa shape index (κ2) is 9.49. The molecule has 1 aliphatic heterocycles. The van der Waals surface area contributed by atoms with Crippen LogP contribution in [0.15, 0.2) is 104 Å². The average molecular weight is 525 g/mol. The van der Waals surface area contributed by atoms with Gasteiger partial charge in [-0.25, -0.2) is 15.3 Å². The standard InChI is InChI=1S/C27H16N4O4S2/c32-24(16-6-2-1-3-7-16)30-28-15-18-11-13-23(35-18)37-27-29-21-12-10-17(14-22(21)36-27)31-25(33)19-8-4-5-9-20(19)26(31)34/h1-15H,(H,30,32)/b28-15-. The van der Waals surface area contributed by atoms with E-state index in [-0.39, 0.29) is 17.7 Å². The topological polar surface area (TPSA) is 105 Å². The highest BCUT2D eigenvalue weighted by Gasteiger charge is 2.36. The predicted molar refractivity (Wildman–Crippen MR) is 142 cm³/mol. The summed E-state index contributed by atoms with van der Waals surface area (Å²) in [6, 6.07) is 24.5. The number of hydrogen-bond acceptors (Lipinski definition) is 8. The zero-order valence-electron chi connectivity index (χ0n) is 19.0. The van der Waals surface area contributed by atoms with Crippen molar-refractivity contribution in [3.8, 4) is 0 Å². The zero-order valence-corrected chi connectivity index (χ0v) is 20.6. The summed E-state index contributed by atoms with van der Waals surface area (Å²) in [6.45, 7) is 0. The third kappa shape index (κ3) is 4.44. The Labute approximate surface area is 218 Å². The van der Waals surface area contributed by atoms with Gasteiger partial charge >= 0.3 is 0 Å². The molecule has 3 aromatic carbocycles. The maximum absolute atomic E-state index is 12.8. The maximum atomic E-state index is 12.8. The number of nitrogens with zero attached hydrogens (tertiary/aromatic N) is 3. The first-order chi connectivity index (χ1) is 18.1. The number of benzene rings is 3. The molecular weight excluding hydrogens is 508 g/mol. The summed E-state index contributed by atoms with van der Waals surface area (Å²) in [4.78, 5) is 43.5. The number of imide groups is 1. The smallest absolute Gasteiger partial charge is 0.271 e. The number of hydrazone groups is 1. The molecule has 1 aliphatic rings. The van der Waals surface area contributed by atoms with E-state index in [2.05, 4.69) is 15.5 Å². The summed E-state index contributed by atoms with van der Waals surface area (Å²) in [7, 11) is 0. The van der Waals surface area contributed by atoms with E-state index in [1.807, 2.05) is 6.07 Å². The summed E-state index contributed by atoms with van der Waals surface area (Å²) in [6.07, 6.45) is 1.43. The van der Waals surface area contributed by atoms with Crippen molar-refractivity contribution in [1.29, 1.82) is 0 Å². The van der Waals surface area contributed by atoms with Gasteiger partial charge in [0.05, 0.1) is 33.2 Å². The Kier molecular flexibility index (Phi) is 5.87. The largest absolute Gasteiger partial charge is 0.448 e. The average Bonchev–Trinajstić information content (AvgIpc) is 3.61. The van der Waals surface area contributed by atoms with Crippen molar-refractivity contribution in [1.82, 2.24) is 10.4 Å². The highest BCUT2D eigenvalue weighted by Crippen LogP contribution is 2.37. The summed E-state index contributed by atoms with van der Waals surface area (Å²) in [5, 5.41) is 4.55. The van der Waals surface area contributed by atoms with Crippen LogP contribution in [0.25, 0.3) is 10.2 Å². The van der Waals surface area contributed by atoms with E-state index in [1.165, 1.54) is 34.2 Å². The molecule has 2 aromatic heterocycles. The Morgan fingerprint density at radius 2 is 1.68 bits per heavy atom. The minimum Gasteiger partial charge on any atom is -0.448 e. The number of carbonyl (C=O) groups is 3. The van der Waals surface area contributed by atoms with Crippen LogP contribution in [-0.2, 0) is 0 Å². The minimum absolute atomic E-state index is 0.312. The SMILES string of the molecule is O=C(N/N=C\c1ccc(Sc2nc3ccc(N4C(=O)c5ccccc5C4=O)cc3s2)o1)c1ccccc1. The number of anilines is 1. The molecular formula is C27H16N4O4S2. The van der Waals surface area contributed by atoms with E-state index in [4.69, 9.17) is 4.42 Å². The van der Waals surface area contributed by atoms with Crippen LogP contribution in [0.3, 0.4) is 0 Å². The first-order valence-electron chi connectivity index (χ1n) is 11.1. The molecule has 3 heterocycles. The number of amides is 3. The van der Waals surface area contributed by atoms with Gasteiger partial charge < -0.3 is 4.42 Å². The molecule has 3 amide bonds. The Balaban J connectivity index is 1.15. The van der Waals surface area contributed by atoms with Crippen LogP contribution in [0.4, 0.5) is 5.69 Å². The molecule has 0 bridgehead atoms. The molecule has 0 fully saturated rings. The van der Waals surface area contributed by atoms with Crippen LogP contribution in [0.5, 0.6) is 0 Å². The van der Waals surface area contributed by atoms with Crippen molar-refractivity contribution in [3.05, 3.63) is 107 Å². The van der Waals surface area contributed by atoms with Gasteiger partial charge in [0, 0.05) is 5.56 Å². The van der Waals surface area contributed by atoms with Crippen LogP contribution in [-0.4, -0.2) is 28.9 Å². The minimum atomic E-state index is -0.330. The second-order valence-corrected chi connectivity index (χ2v) is 10.2. The number of furan rings is 1. The molecule has 0 atom stereocenters. The lowest BCUT2D eigenvalue weighted by atomic mass is 10.1. The molecule has 180 valence electrons. The van der Waals surface area contributed by atoms with E-state index in [9.17, 15) is 14.4 Å². The molecule has 5 aromatic rings. The molecule has 6 rings (SSSR count). The van der Waals surface area contributed by atoms with E-state index in [0.29, 0.717) is 33.2 Å². The van der Waals surface area contributed by atoms with Crippen LogP contribution in [0, 0.1) is 0 Å². The van der Waals surface area contributed by atoms with Crippen molar-refractivity contribution in [2.24, 2.45) is 5.10 Å². The molecule has 0 unspecified atom stereocenters. The van der Waals surface area contributed by atoms with Gasteiger partial charge in [0.2, 0.25) is 0 Å². The summed E-state index contributed by atoms with van der Waals surface area (Å²) < 4.78 is 7.35. The Morgan fingerprint density at radius 3 is 2.43 bits per heavy atom. The summed E-state index contributed by atoms with van der Waals surface area (Å²) in [5.74, 6) is -0.495. The van der Waals surface area contributed by atoms with E-state index in [0.717, 1.165) is 14.6 Å². The Morgan fingerprint density at radius 1 is 0.946 bits per heavy atom. The highest BCUT2D eigenvalue weighted by atomic mass is 32.2. The van der Waals surface area contributed by atoms with Gasteiger partial charge in [-0.15, -0.1) is 11.3 Å². The van der Waals surface area contributed by atoms with Crippen LogP contribution in [0.2, 0.25) is 0 Å². The molecule has 0 saturated heterocycles. The highest BCUT2D eigenvalue weighted by molar-refractivity contribution is 8.01. The number of carbonyl (C=O) groups excluding carboxylic acids is 3. The molecule has 10 heteroatoms. The van der Waals surface area contributed by atoms with Crippen molar-refractivity contribution in [3.63, 3.8) is 0 Å². The number of nitrogens with one attached hydrogen (secondary N) is 1. The van der Waals surface area contributed by atoms with Crippen LogP contribution < -0.4 is 10.3 Å². The van der Waals surface area contributed by atoms with E-state index in [1.54, 1.807) is 78.9 Å². The summed E-state index contributed by atoms with van der Waals surface area (Å²) in [5.41, 5.74) is 5.05. The third-order valence-corrected chi connectivity index (χ3v) is 7.59. The number of rotatable bonds is 6.